The quantitative estimate of drug-likeness (QED) is 0.860. The second kappa shape index (κ2) is 5.49. The van der Waals surface area contributed by atoms with Crippen molar-refractivity contribution in [3.05, 3.63) is 40.7 Å². The Balaban J connectivity index is 1.87. The van der Waals surface area contributed by atoms with Crippen molar-refractivity contribution < 1.29 is 0 Å². The molecule has 1 aromatic heterocycles. The van der Waals surface area contributed by atoms with Crippen molar-refractivity contribution in [3.63, 3.8) is 0 Å². The zero-order valence-electron chi connectivity index (χ0n) is 12.0. The first-order chi connectivity index (χ1) is 9.63. The molecule has 0 saturated heterocycles. The first kappa shape index (κ1) is 13.5. The molecule has 0 spiro atoms. The van der Waals surface area contributed by atoms with Gasteiger partial charge in [0, 0.05) is 22.9 Å². The summed E-state index contributed by atoms with van der Waals surface area (Å²) in [5.74, 6) is 0.925. The largest absolute Gasteiger partial charge is 0.326 e. The number of anilines is 2. The van der Waals surface area contributed by atoms with Gasteiger partial charge in [-0.15, -0.1) is 0 Å². The topological polar surface area (TPSA) is 29.9 Å². The molecule has 0 bridgehead atoms. The van der Waals surface area contributed by atoms with Crippen LogP contribution in [0.4, 0.5) is 11.6 Å². The van der Waals surface area contributed by atoms with Gasteiger partial charge in [0.2, 0.25) is 5.95 Å². The van der Waals surface area contributed by atoms with Gasteiger partial charge in [0.15, 0.2) is 0 Å². The van der Waals surface area contributed by atoms with E-state index in [9.17, 15) is 0 Å². The standard InChI is InChI=1S/C16H20ClN3/c1-11-7-8-13(9-15(11)17)19-16-18-12(2)10-20(16)14-5-3-4-6-14/h7-10,14H,3-6H2,1-2H3,(H,18,19). The minimum atomic E-state index is 0.583. The molecule has 4 heteroatoms. The Labute approximate surface area is 125 Å². The molecule has 1 aromatic carbocycles. The molecule has 0 amide bonds. The average molecular weight is 290 g/mol. The average Bonchev–Trinajstić information content (AvgIpc) is 3.03. The van der Waals surface area contributed by atoms with Gasteiger partial charge in [-0.05, 0) is 44.4 Å². The summed E-state index contributed by atoms with van der Waals surface area (Å²) in [5, 5.41) is 4.19. The molecule has 1 fully saturated rings. The molecule has 0 aliphatic heterocycles. The molecule has 1 aliphatic rings. The van der Waals surface area contributed by atoms with E-state index in [2.05, 4.69) is 21.1 Å². The zero-order valence-corrected chi connectivity index (χ0v) is 12.7. The number of imidazole rings is 1. The Morgan fingerprint density at radius 3 is 2.70 bits per heavy atom. The van der Waals surface area contributed by atoms with E-state index >= 15 is 0 Å². The molecule has 1 N–H and O–H groups in total. The summed E-state index contributed by atoms with van der Waals surface area (Å²) in [5.41, 5.74) is 3.13. The highest BCUT2D eigenvalue weighted by Crippen LogP contribution is 2.33. The van der Waals surface area contributed by atoms with Gasteiger partial charge in [0.1, 0.15) is 0 Å². The van der Waals surface area contributed by atoms with Crippen LogP contribution in [-0.2, 0) is 0 Å². The number of aryl methyl sites for hydroxylation is 2. The third-order valence-corrected chi connectivity index (χ3v) is 4.41. The highest BCUT2D eigenvalue weighted by molar-refractivity contribution is 6.31. The van der Waals surface area contributed by atoms with Crippen LogP contribution in [0.3, 0.4) is 0 Å². The monoisotopic (exact) mass is 289 g/mol. The lowest BCUT2D eigenvalue weighted by molar-refractivity contribution is 0.524. The number of hydrogen-bond donors (Lipinski definition) is 1. The predicted octanol–water partition coefficient (Wildman–Crippen LogP) is 5.01. The van der Waals surface area contributed by atoms with Gasteiger partial charge >= 0.3 is 0 Å². The fourth-order valence-corrected chi connectivity index (χ4v) is 3.05. The maximum absolute atomic E-state index is 6.18. The van der Waals surface area contributed by atoms with E-state index in [4.69, 9.17) is 11.6 Å². The highest BCUT2D eigenvalue weighted by atomic mass is 35.5. The SMILES string of the molecule is Cc1cn(C2CCCC2)c(Nc2ccc(C)c(Cl)c2)n1. The Bertz CT molecular complexity index is 612. The van der Waals surface area contributed by atoms with Crippen molar-refractivity contribution in [1.82, 2.24) is 9.55 Å². The van der Waals surface area contributed by atoms with Crippen LogP contribution < -0.4 is 5.32 Å². The number of aromatic nitrogens is 2. The van der Waals surface area contributed by atoms with Crippen LogP contribution in [-0.4, -0.2) is 9.55 Å². The third-order valence-electron chi connectivity index (χ3n) is 4.00. The van der Waals surface area contributed by atoms with Gasteiger partial charge in [0.25, 0.3) is 0 Å². The predicted molar refractivity (Wildman–Crippen MR) is 83.9 cm³/mol. The second-order valence-electron chi connectivity index (χ2n) is 5.64. The van der Waals surface area contributed by atoms with E-state index in [0.29, 0.717) is 6.04 Å². The fraction of sp³-hybridized carbons (Fsp3) is 0.438. The first-order valence-electron chi connectivity index (χ1n) is 7.22. The van der Waals surface area contributed by atoms with E-state index in [-0.39, 0.29) is 0 Å². The van der Waals surface area contributed by atoms with Gasteiger partial charge in [-0.25, -0.2) is 4.98 Å². The molecule has 106 valence electrons. The lowest BCUT2D eigenvalue weighted by Crippen LogP contribution is -2.07. The Morgan fingerprint density at radius 1 is 1.25 bits per heavy atom. The number of halogens is 1. The van der Waals surface area contributed by atoms with E-state index in [1.807, 2.05) is 32.0 Å². The minimum absolute atomic E-state index is 0.583. The normalized spacial score (nSPS) is 15.8. The van der Waals surface area contributed by atoms with Gasteiger partial charge in [-0.2, -0.15) is 0 Å². The molecule has 1 heterocycles. The molecule has 0 atom stereocenters. The molecule has 1 aliphatic carbocycles. The smallest absolute Gasteiger partial charge is 0.207 e. The number of hydrogen-bond acceptors (Lipinski definition) is 2. The van der Waals surface area contributed by atoms with Crippen molar-refractivity contribution >= 4 is 23.2 Å². The van der Waals surface area contributed by atoms with Gasteiger partial charge in [0.05, 0.1) is 5.69 Å². The van der Waals surface area contributed by atoms with E-state index in [1.165, 1.54) is 25.7 Å². The molecule has 20 heavy (non-hydrogen) atoms. The summed E-state index contributed by atoms with van der Waals surface area (Å²) in [6.45, 7) is 4.05. The van der Waals surface area contributed by atoms with E-state index < -0.39 is 0 Å². The molecular weight excluding hydrogens is 270 g/mol. The van der Waals surface area contributed by atoms with Crippen LogP contribution in [0.1, 0.15) is 43.0 Å². The highest BCUT2D eigenvalue weighted by Gasteiger charge is 2.20. The summed E-state index contributed by atoms with van der Waals surface area (Å²) in [4.78, 5) is 4.61. The van der Waals surface area contributed by atoms with Crippen molar-refractivity contribution in [2.24, 2.45) is 0 Å². The van der Waals surface area contributed by atoms with Gasteiger partial charge in [-0.1, -0.05) is 30.5 Å². The zero-order chi connectivity index (χ0) is 14.1. The first-order valence-corrected chi connectivity index (χ1v) is 7.60. The molecule has 1 saturated carbocycles. The van der Waals surface area contributed by atoms with Crippen LogP contribution in [0.5, 0.6) is 0 Å². The molecule has 0 radical (unpaired) electrons. The summed E-state index contributed by atoms with van der Waals surface area (Å²) in [6.07, 6.45) is 7.28. The van der Waals surface area contributed by atoms with Crippen LogP contribution in [0.2, 0.25) is 5.02 Å². The fourth-order valence-electron chi connectivity index (χ4n) is 2.87. The van der Waals surface area contributed by atoms with Gasteiger partial charge < -0.3 is 9.88 Å². The van der Waals surface area contributed by atoms with Crippen molar-refractivity contribution in [2.75, 3.05) is 5.32 Å². The van der Waals surface area contributed by atoms with Crippen LogP contribution in [0, 0.1) is 13.8 Å². The summed E-state index contributed by atoms with van der Waals surface area (Å²) < 4.78 is 2.29. The number of benzene rings is 1. The second-order valence-corrected chi connectivity index (χ2v) is 6.05. The molecule has 3 rings (SSSR count). The summed E-state index contributed by atoms with van der Waals surface area (Å²) >= 11 is 6.18. The lowest BCUT2D eigenvalue weighted by Gasteiger charge is -2.16. The summed E-state index contributed by atoms with van der Waals surface area (Å²) in [6, 6.07) is 6.62. The maximum atomic E-state index is 6.18. The number of nitrogens with one attached hydrogen (secondary N) is 1. The molecule has 3 nitrogen and oxygen atoms in total. The Hall–Kier alpha value is -1.48. The van der Waals surface area contributed by atoms with E-state index in [0.717, 1.165) is 27.9 Å². The van der Waals surface area contributed by atoms with Gasteiger partial charge in [-0.3, -0.25) is 0 Å². The van der Waals surface area contributed by atoms with Crippen molar-refractivity contribution in [2.45, 2.75) is 45.6 Å². The molecule has 0 unspecified atom stereocenters. The Morgan fingerprint density at radius 2 is 2.00 bits per heavy atom. The third kappa shape index (κ3) is 2.68. The minimum Gasteiger partial charge on any atom is -0.326 e. The van der Waals surface area contributed by atoms with Crippen LogP contribution >= 0.6 is 11.6 Å². The number of rotatable bonds is 3. The van der Waals surface area contributed by atoms with Crippen molar-refractivity contribution in [3.8, 4) is 0 Å². The van der Waals surface area contributed by atoms with Crippen LogP contribution in [0.15, 0.2) is 24.4 Å². The van der Waals surface area contributed by atoms with Crippen LogP contribution in [0.25, 0.3) is 0 Å². The van der Waals surface area contributed by atoms with Crippen molar-refractivity contribution in [1.29, 1.82) is 0 Å². The summed E-state index contributed by atoms with van der Waals surface area (Å²) in [7, 11) is 0. The molecule has 2 aromatic rings. The molecular formula is C16H20ClN3. The Kier molecular flexibility index (Phi) is 3.70. The lowest BCUT2D eigenvalue weighted by atomic mass is 10.2. The van der Waals surface area contributed by atoms with E-state index in [1.54, 1.807) is 0 Å². The maximum Gasteiger partial charge on any atom is 0.207 e. The number of nitrogens with zero attached hydrogens (tertiary/aromatic N) is 2.